The number of rotatable bonds is 5. The smallest absolute Gasteiger partial charge is 0.259 e. The van der Waals surface area contributed by atoms with Crippen LogP contribution >= 0.6 is 0 Å². The van der Waals surface area contributed by atoms with Gasteiger partial charge < -0.3 is 15.0 Å². The van der Waals surface area contributed by atoms with Gasteiger partial charge in [-0.05, 0) is 56.0 Å². The van der Waals surface area contributed by atoms with E-state index in [9.17, 15) is 13.2 Å². The number of amides is 1. The van der Waals surface area contributed by atoms with Gasteiger partial charge in [-0.15, -0.1) is 0 Å². The second-order valence-electron chi connectivity index (χ2n) is 7.87. The molecule has 1 amide bonds. The first-order valence-corrected chi connectivity index (χ1v) is 12.1. The molecule has 0 radical (unpaired) electrons. The summed E-state index contributed by atoms with van der Waals surface area (Å²) in [7, 11) is -3.66. The van der Waals surface area contributed by atoms with Crippen molar-refractivity contribution in [1.29, 1.82) is 0 Å². The largest absolute Gasteiger partial charge is 0.379 e. The number of piperidine rings is 1. The summed E-state index contributed by atoms with van der Waals surface area (Å²) in [6, 6.07) is 8.48. The highest BCUT2D eigenvalue weighted by Gasteiger charge is 2.28. The first kappa shape index (κ1) is 21.7. The third-order valence-electron chi connectivity index (χ3n) is 5.72. The van der Waals surface area contributed by atoms with Crippen LogP contribution in [0.5, 0.6) is 0 Å². The predicted octanol–water partition coefficient (Wildman–Crippen LogP) is 2.65. The summed E-state index contributed by atoms with van der Waals surface area (Å²) in [6.07, 6.45) is 5.05. The van der Waals surface area contributed by atoms with E-state index in [1.54, 1.807) is 37.4 Å². The van der Waals surface area contributed by atoms with E-state index in [0.717, 1.165) is 25.9 Å². The molecule has 4 rings (SSSR count). The first-order valence-electron chi connectivity index (χ1n) is 10.7. The number of carbonyl (C=O) groups excluding carboxylic acids is 1. The third kappa shape index (κ3) is 4.73. The number of pyridine rings is 1. The standard InChI is InChI=1S/C22H28N4O4S/c1-17-7-8-18(16-20(17)31(28,29)26-12-14-30-15-13-26)24-22(27)19-6-5-9-23-21(19)25-10-3-2-4-11-25/h5-9,16H,2-4,10-15H2,1H3,(H,24,27). The van der Waals surface area contributed by atoms with E-state index in [1.165, 1.54) is 16.8 Å². The van der Waals surface area contributed by atoms with E-state index in [1.807, 2.05) is 0 Å². The number of aryl methyl sites for hydroxylation is 1. The van der Waals surface area contributed by atoms with Gasteiger partial charge in [0.1, 0.15) is 5.82 Å². The first-order chi connectivity index (χ1) is 15.0. The minimum Gasteiger partial charge on any atom is -0.379 e. The highest BCUT2D eigenvalue weighted by molar-refractivity contribution is 7.89. The monoisotopic (exact) mass is 444 g/mol. The van der Waals surface area contributed by atoms with Gasteiger partial charge in [0, 0.05) is 38.1 Å². The lowest BCUT2D eigenvalue weighted by Gasteiger charge is -2.29. The summed E-state index contributed by atoms with van der Waals surface area (Å²) in [5.74, 6) is 0.375. The maximum atomic E-state index is 13.1. The molecule has 0 atom stereocenters. The molecular weight excluding hydrogens is 416 g/mol. The second-order valence-corrected chi connectivity index (χ2v) is 9.78. The molecule has 1 N–H and O–H groups in total. The van der Waals surface area contributed by atoms with Crippen molar-refractivity contribution in [1.82, 2.24) is 9.29 Å². The van der Waals surface area contributed by atoms with Crippen molar-refractivity contribution < 1.29 is 17.9 Å². The van der Waals surface area contributed by atoms with Gasteiger partial charge in [0.2, 0.25) is 10.0 Å². The third-order valence-corrected chi connectivity index (χ3v) is 7.76. The van der Waals surface area contributed by atoms with Crippen LogP contribution < -0.4 is 10.2 Å². The molecule has 0 unspecified atom stereocenters. The van der Waals surface area contributed by atoms with Crippen LogP contribution in [-0.2, 0) is 14.8 Å². The number of aromatic nitrogens is 1. The Hall–Kier alpha value is -2.49. The van der Waals surface area contributed by atoms with E-state index in [0.29, 0.717) is 48.9 Å². The number of nitrogens with zero attached hydrogens (tertiary/aromatic N) is 3. The lowest BCUT2D eigenvalue weighted by molar-refractivity contribution is 0.0730. The summed E-state index contributed by atoms with van der Waals surface area (Å²) >= 11 is 0. The van der Waals surface area contributed by atoms with Gasteiger partial charge in [-0.25, -0.2) is 13.4 Å². The predicted molar refractivity (Wildman–Crippen MR) is 119 cm³/mol. The maximum Gasteiger partial charge on any atom is 0.259 e. The van der Waals surface area contributed by atoms with Crippen molar-refractivity contribution in [2.75, 3.05) is 49.6 Å². The maximum absolute atomic E-state index is 13.1. The number of hydrogen-bond acceptors (Lipinski definition) is 6. The highest BCUT2D eigenvalue weighted by atomic mass is 32.2. The quantitative estimate of drug-likeness (QED) is 0.762. The van der Waals surface area contributed by atoms with Gasteiger partial charge in [-0.3, -0.25) is 4.79 Å². The van der Waals surface area contributed by atoms with Crippen molar-refractivity contribution in [3.8, 4) is 0 Å². The summed E-state index contributed by atoms with van der Waals surface area (Å²) in [6.45, 7) is 4.94. The Balaban J connectivity index is 1.58. The molecule has 2 aliphatic rings. The van der Waals surface area contributed by atoms with Crippen LogP contribution in [0.15, 0.2) is 41.4 Å². The van der Waals surface area contributed by atoms with E-state index < -0.39 is 10.0 Å². The highest BCUT2D eigenvalue weighted by Crippen LogP contribution is 2.26. The van der Waals surface area contributed by atoms with E-state index in [-0.39, 0.29) is 10.8 Å². The van der Waals surface area contributed by atoms with Crippen LogP contribution in [0.1, 0.15) is 35.2 Å². The van der Waals surface area contributed by atoms with Crippen molar-refractivity contribution in [2.24, 2.45) is 0 Å². The van der Waals surface area contributed by atoms with Gasteiger partial charge in [-0.2, -0.15) is 4.31 Å². The van der Waals surface area contributed by atoms with Crippen LogP contribution in [0.25, 0.3) is 0 Å². The van der Waals surface area contributed by atoms with Gasteiger partial charge in [0.05, 0.1) is 23.7 Å². The van der Waals surface area contributed by atoms with E-state index in [2.05, 4.69) is 15.2 Å². The number of morpholine rings is 1. The number of nitrogens with one attached hydrogen (secondary N) is 1. The Kier molecular flexibility index (Phi) is 6.54. The number of sulfonamides is 1. The summed E-state index contributed by atoms with van der Waals surface area (Å²) in [5, 5.41) is 2.87. The van der Waals surface area contributed by atoms with Crippen LogP contribution in [0.3, 0.4) is 0 Å². The molecule has 31 heavy (non-hydrogen) atoms. The zero-order valence-electron chi connectivity index (χ0n) is 17.7. The van der Waals surface area contributed by atoms with Crippen molar-refractivity contribution >= 4 is 27.4 Å². The minimum absolute atomic E-state index is 0.203. The number of carbonyl (C=O) groups is 1. The summed E-state index contributed by atoms with van der Waals surface area (Å²) in [4.78, 5) is 19.9. The van der Waals surface area contributed by atoms with Crippen molar-refractivity contribution in [2.45, 2.75) is 31.1 Å². The zero-order chi connectivity index (χ0) is 21.8. The van der Waals surface area contributed by atoms with Crippen LogP contribution in [0, 0.1) is 6.92 Å². The van der Waals surface area contributed by atoms with Gasteiger partial charge >= 0.3 is 0 Å². The molecule has 9 heteroatoms. The van der Waals surface area contributed by atoms with Crippen LogP contribution in [-0.4, -0.2) is 63.0 Å². The topological polar surface area (TPSA) is 91.8 Å². The molecular formula is C22H28N4O4S. The Morgan fingerprint density at radius 3 is 2.55 bits per heavy atom. The number of hydrogen-bond donors (Lipinski definition) is 1. The number of anilines is 2. The molecule has 2 saturated heterocycles. The Labute approximate surface area is 183 Å². The molecule has 3 heterocycles. The molecule has 1 aromatic carbocycles. The van der Waals surface area contributed by atoms with E-state index in [4.69, 9.17) is 4.74 Å². The Bertz CT molecular complexity index is 1050. The van der Waals surface area contributed by atoms with Gasteiger partial charge in [-0.1, -0.05) is 6.07 Å². The molecule has 8 nitrogen and oxygen atoms in total. The van der Waals surface area contributed by atoms with E-state index >= 15 is 0 Å². The minimum atomic E-state index is -3.66. The average Bonchev–Trinajstić information content (AvgIpc) is 2.81. The second kappa shape index (κ2) is 9.33. The van der Waals surface area contributed by atoms with Gasteiger partial charge in [0.15, 0.2) is 0 Å². The fourth-order valence-corrected chi connectivity index (χ4v) is 5.67. The lowest BCUT2D eigenvalue weighted by Crippen LogP contribution is -2.40. The van der Waals surface area contributed by atoms with Crippen molar-refractivity contribution in [3.63, 3.8) is 0 Å². The normalized spacial score (nSPS) is 18.0. The Morgan fingerprint density at radius 2 is 1.81 bits per heavy atom. The van der Waals surface area contributed by atoms with Crippen LogP contribution in [0.2, 0.25) is 0 Å². The molecule has 2 aliphatic heterocycles. The fraction of sp³-hybridized carbons (Fsp3) is 0.455. The Morgan fingerprint density at radius 1 is 1.06 bits per heavy atom. The van der Waals surface area contributed by atoms with Crippen molar-refractivity contribution in [3.05, 3.63) is 47.7 Å². The average molecular weight is 445 g/mol. The molecule has 1 aromatic heterocycles. The number of ether oxygens (including phenoxy) is 1. The lowest BCUT2D eigenvalue weighted by atomic mass is 10.1. The molecule has 0 saturated carbocycles. The molecule has 166 valence electrons. The molecule has 0 aliphatic carbocycles. The number of benzene rings is 1. The zero-order valence-corrected chi connectivity index (χ0v) is 18.5. The van der Waals surface area contributed by atoms with Gasteiger partial charge in [0.25, 0.3) is 5.91 Å². The fourth-order valence-electron chi connectivity index (χ4n) is 4.01. The SMILES string of the molecule is Cc1ccc(NC(=O)c2cccnc2N2CCCCC2)cc1S(=O)(=O)N1CCOCC1. The molecule has 2 aromatic rings. The summed E-state index contributed by atoms with van der Waals surface area (Å²) in [5.41, 5.74) is 1.57. The molecule has 0 bridgehead atoms. The summed E-state index contributed by atoms with van der Waals surface area (Å²) < 4.78 is 32.9. The van der Waals surface area contributed by atoms with Crippen LogP contribution in [0.4, 0.5) is 11.5 Å². The molecule has 0 spiro atoms. The molecule has 2 fully saturated rings.